The van der Waals surface area contributed by atoms with Crippen LogP contribution in [0.15, 0.2) is 59.5 Å². The number of aryl methyl sites for hydroxylation is 1. The molecule has 0 bridgehead atoms. The number of hydrogen-bond donors (Lipinski definition) is 2. The van der Waals surface area contributed by atoms with Gasteiger partial charge in [0.2, 0.25) is 0 Å². The van der Waals surface area contributed by atoms with Gasteiger partial charge in [-0.25, -0.2) is 0 Å². The van der Waals surface area contributed by atoms with Crippen LogP contribution >= 0.6 is 11.8 Å². The van der Waals surface area contributed by atoms with Crippen LogP contribution in [-0.4, -0.2) is 30.2 Å². The Hall–Kier alpha value is -2.47. The van der Waals surface area contributed by atoms with Crippen LogP contribution in [0.5, 0.6) is 0 Å². The van der Waals surface area contributed by atoms with Gasteiger partial charge in [0, 0.05) is 17.1 Å². The maximum atomic E-state index is 12.2. The Bertz CT molecular complexity index is 767. The molecule has 1 atom stereocenters. The molecule has 0 saturated heterocycles. The van der Waals surface area contributed by atoms with Crippen molar-refractivity contribution in [2.24, 2.45) is 0 Å². The third kappa shape index (κ3) is 4.79. The molecule has 26 heavy (non-hydrogen) atoms. The van der Waals surface area contributed by atoms with Gasteiger partial charge < -0.3 is 4.90 Å². The van der Waals surface area contributed by atoms with E-state index in [1.165, 1.54) is 17.3 Å². The molecule has 6 heteroatoms. The van der Waals surface area contributed by atoms with Gasteiger partial charge in [-0.15, -0.1) is 11.8 Å². The van der Waals surface area contributed by atoms with Gasteiger partial charge in [-0.05, 0) is 43.5 Å². The summed E-state index contributed by atoms with van der Waals surface area (Å²) in [6, 6.07) is 17.9. The van der Waals surface area contributed by atoms with Crippen molar-refractivity contribution >= 4 is 29.3 Å². The van der Waals surface area contributed by atoms with Crippen molar-refractivity contribution in [2.75, 3.05) is 18.0 Å². The lowest BCUT2D eigenvalue weighted by Gasteiger charge is -2.30. The molecule has 2 N–H and O–H groups in total. The van der Waals surface area contributed by atoms with Crippen molar-refractivity contribution in [3.05, 3.63) is 60.2 Å². The van der Waals surface area contributed by atoms with Crippen LogP contribution in [0.1, 0.15) is 18.9 Å². The molecule has 2 aromatic rings. The highest BCUT2D eigenvalue weighted by molar-refractivity contribution is 8.00. The number of benzene rings is 2. The Morgan fingerprint density at radius 1 is 1.08 bits per heavy atom. The number of carbonyl (C=O) groups excluding carboxylic acids is 2. The van der Waals surface area contributed by atoms with Gasteiger partial charge in [0.15, 0.2) is 0 Å². The van der Waals surface area contributed by atoms with Gasteiger partial charge in [-0.3, -0.25) is 20.4 Å². The first-order chi connectivity index (χ1) is 12.6. The summed E-state index contributed by atoms with van der Waals surface area (Å²) in [7, 11) is 0. The van der Waals surface area contributed by atoms with Gasteiger partial charge in [0.1, 0.15) is 0 Å². The third-order valence-corrected chi connectivity index (χ3v) is 5.40. The lowest BCUT2D eigenvalue weighted by atomic mass is 10.0. The van der Waals surface area contributed by atoms with Crippen molar-refractivity contribution in [2.45, 2.75) is 29.9 Å². The molecular formula is C20H23N3O2S. The first-order valence-electron chi connectivity index (χ1n) is 8.77. The highest BCUT2D eigenvalue weighted by Gasteiger charge is 2.20. The fourth-order valence-corrected chi connectivity index (χ4v) is 3.87. The molecule has 3 rings (SSSR count). The topological polar surface area (TPSA) is 61.4 Å². The lowest BCUT2D eigenvalue weighted by molar-refractivity contribution is -0.127. The van der Waals surface area contributed by atoms with E-state index in [0.29, 0.717) is 0 Å². The molecule has 1 aliphatic heterocycles. The molecule has 1 aliphatic rings. The third-order valence-electron chi connectivity index (χ3n) is 4.29. The Morgan fingerprint density at radius 2 is 1.81 bits per heavy atom. The largest absolute Gasteiger partial charge is 0.362 e. The highest BCUT2D eigenvalue weighted by Crippen LogP contribution is 2.26. The van der Waals surface area contributed by atoms with Gasteiger partial charge in [-0.1, -0.05) is 36.4 Å². The molecule has 5 nitrogen and oxygen atoms in total. The van der Waals surface area contributed by atoms with Gasteiger partial charge >= 0.3 is 0 Å². The number of carbonyl (C=O) groups is 2. The minimum Gasteiger partial charge on any atom is -0.362 e. The zero-order valence-corrected chi connectivity index (χ0v) is 15.6. The molecule has 2 aromatic carbocycles. The number of amides is 2. The summed E-state index contributed by atoms with van der Waals surface area (Å²) in [4.78, 5) is 27.5. The number of thioether (sulfide) groups is 1. The predicted molar refractivity (Wildman–Crippen MR) is 105 cm³/mol. The van der Waals surface area contributed by atoms with Crippen LogP contribution in [-0.2, 0) is 16.0 Å². The van der Waals surface area contributed by atoms with E-state index in [1.807, 2.05) is 55.5 Å². The first kappa shape index (κ1) is 18.3. The Balaban J connectivity index is 1.48. The second kappa shape index (κ2) is 8.76. The number of fused-ring (bicyclic) bond motifs is 1. The quantitative estimate of drug-likeness (QED) is 0.628. The lowest BCUT2D eigenvalue weighted by Crippen LogP contribution is -2.49. The SMILES string of the molecule is C[C@@H](Sc1ccccc1)C(=O)NNC(=O)CN1CCCc2ccccc21. The van der Waals surface area contributed by atoms with Crippen molar-refractivity contribution in [1.82, 2.24) is 10.9 Å². The van der Waals surface area contributed by atoms with Crippen LogP contribution in [0.2, 0.25) is 0 Å². The van der Waals surface area contributed by atoms with E-state index in [1.54, 1.807) is 0 Å². The summed E-state index contributed by atoms with van der Waals surface area (Å²) in [5.74, 6) is -0.432. The van der Waals surface area contributed by atoms with Gasteiger partial charge in [0.05, 0.1) is 11.8 Å². The van der Waals surface area contributed by atoms with Crippen molar-refractivity contribution in [1.29, 1.82) is 0 Å². The Labute approximate surface area is 158 Å². The Morgan fingerprint density at radius 3 is 2.62 bits per heavy atom. The van der Waals surface area contributed by atoms with Crippen molar-refractivity contribution in [3.63, 3.8) is 0 Å². The number of rotatable bonds is 5. The molecule has 0 aromatic heterocycles. The van der Waals surface area contributed by atoms with Crippen LogP contribution in [0.4, 0.5) is 5.69 Å². The molecule has 0 aliphatic carbocycles. The number of hydrogen-bond acceptors (Lipinski definition) is 4. The average Bonchev–Trinajstić information content (AvgIpc) is 2.67. The summed E-state index contributed by atoms with van der Waals surface area (Å²) in [5, 5.41) is -0.298. The summed E-state index contributed by atoms with van der Waals surface area (Å²) < 4.78 is 0. The van der Waals surface area contributed by atoms with E-state index in [2.05, 4.69) is 21.8 Å². The summed E-state index contributed by atoms with van der Waals surface area (Å²) in [6.07, 6.45) is 2.07. The molecule has 0 fully saturated rings. The predicted octanol–water partition coefficient (Wildman–Crippen LogP) is 2.77. The molecule has 1 heterocycles. The van der Waals surface area contributed by atoms with Crippen LogP contribution in [0.25, 0.3) is 0 Å². The zero-order chi connectivity index (χ0) is 18.4. The summed E-state index contributed by atoms with van der Waals surface area (Å²) in [5.41, 5.74) is 7.44. The molecular weight excluding hydrogens is 346 g/mol. The second-order valence-electron chi connectivity index (χ2n) is 6.26. The average molecular weight is 369 g/mol. The Kier molecular flexibility index (Phi) is 6.17. The molecule has 0 saturated carbocycles. The summed E-state index contributed by atoms with van der Waals surface area (Å²) >= 11 is 1.46. The van der Waals surface area contributed by atoms with E-state index in [0.717, 1.165) is 30.0 Å². The second-order valence-corrected chi connectivity index (χ2v) is 7.68. The van der Waals surface area contributed by atoms with Crippen LogP contribution < -0.4 is 15.8 Å². The van der Waals surface area contributed by atoms with Gasteiger partial charge in [-0.2, -0.15) is 0 Å². The normalized spacial score (nSPS) is 14.3. The molecule has 2 amide bonds. The monoisotopic (exact) mass is 369 g/mol. The number of nitrogens with one attached hydrogen (secondary N) is 2. The standard InChI is InChI=1S/C20H23N3O2S/c1-15(26-17-10-3-2-4-11-17)20(25)22-21-19(24)14-23-13-7-9-16-8-5-6-12-18(16)23/h2-6,8,10-12,15H,7,9,13-14H2,1H3,(H,21,24)(H,22,25)/t15-/m1/s1. The fraction of sp³-hybridized carbons (Fsp3) is 0.300. The number of anilines is 1. The van der Waals surface area contributed by atoms with E-state index >= 15 is 0 Å². The zero-order valence-electron chi connectivity index (χ0n) is 14.8. The minimum absolute atomic E-state index is 0.216. The first-order valence-corrected chi connectivity index (χ1v) is 9.64. The number of nitrogens with zero attached hydrogens (tertiary/aromatic N) is 1. The molecule has 0 radical (unpaired) electrons. The highest BCUT2D eigenvalue weighted by atomic mass is 32.2. The maximum absolute atomic E-state index is 12.2. The van der Waals surface area contributed by atoms with E-state index in [-0.39, 0.29) is 23.6 Å². The molecule has 0 unspecified atom stereocenters. The van der Waals surface area contributed by atoms with Crippen LogP contribution in [0, 0.1) is 0 Å². The smallest absolute Gasteiger partial charge is 0.257 e. The minimum atomic E-state index is -0.298. The number of hydrazine groups is 1. The number of para-hydroxylation sites is 1. The van der Waals surface area contributed by atoms with E-state index < -0.39 is 0 Å². The van der Waals surface area contributed by atoms with Crippen LogP contribution in [0.3, 0.4) is 0 Å². The fourth-order valence-electron chi connectivity index (χ4n) is 2.98. The maximum Gasteiger partial charge on any atom is 0.257 e. The van der Waals surface area contributed by atoms with E-state index in [9.17, 15) is 9.59 Å². The van der Waals surface area contributed by atoms with Gasteiger partial charge in [0.25, 0.3) is 11.8 Å². The molecule has 136 valence electrons. The van der Waals surface area contributed by atoms with Crippen molar-refractivity contribution in [3.8, 4) is 0 Å². The molecule has 0 spiro atoms. The van der Waals surface area contributed by atoms with E-state index in [4.69, 9.17) is 0 Å². The van der Waals surface area contributed by atoms with Crippen molar-refractivity contribution < 1.29 is 9.59 Å². The summed E-state index contributed by atoms with van der Waals surface area (Å²) in [6.45, 7) is 2.90.